The predicted octanol–water partition coefficient (Wildman–Crippen LogP) is 12.5. The van der Waals surface area contributed by atoms with Crippen molar-refractivity contribution < 1.29 is 65.8 Å². The molecule has 4 aromatic rings. The SMILES string of the molecule is Cc1cc(C(F)(F)F)cc(C(F)(F)F)c1-c1ccc(CN2CCC[C@@H]2[C@H]2CCCN2Cc2ccc(-c3c(C)cc(C(F)(F)F)cc3C(F)(F)F)cn2)nc1.[Cl][Fe][Cl]. The maximum absolute atomic E-state index is 13.9. The molecule has 2 aliphatic rings. The summed E-state index contributed by atoms with van der Waals surface area (Å²) >= 11 is 0.194. The second kappa shape index (κ2) is 17.6. The molecule has 0 radical (unpaired) electrons. The van der Waals surface area contributed by atoms with Crippen LogP contribution in [0, 0.1) is 13.8 Å². The van der Waals surface area contributed by atoms with Gasteiger partial charge in [0, 0.05) is 48.7 Å². The van der Waals surface area contributed by atoms with Crippen LogP contribution < -0.4 is 0 Å². The summed E-state index contributed by atoms with van der Waals surface area (Å²) in [5, 5.41) is 0. The van der Waals surface area contributed by atoms with Crippen molar-refractivity contribution in [1.29, 1.82) is 0 Å². The second-order valence-corrected chi connectivity index (χ2v) is 15.7. The molecule has 19 heteroatoms. The maximum atomic E-state index is 13.9. The summed E-state index contributed by atoms with van der Waals surface area (Å²) in [4.78, 5) is 13.3. The summed E-state index contributed by atoms with van der Waals surface area (Å²) < 4.78 is 163. The Morgan fingerprint density at radius 2 is 0.930 bits per heavy atom. The van der Waals surface area contributed by atoms with Gasteiger partial charge >= 0.3 is 58.0 Å². The van der Waals surface area contributed by atoms with Gasteiger partial charge in [-0.05, 0) is 111 Å². The Bertz CT molecular complexity index is 1860. The van der Waals surface area contributed by atoms with Crippen LogP contribution in [0.5, 0.6) is 0 Å². The molecule has 57 heavy (non-hydrogen) atoms. The first-order chi connectivity index (χ1) is 26.5. The van der Waals surface area contributed by atoms with Crippen LogP contribution in [-0.4, -0.2) is 44.9 Å². The molecule has 0 bridgehead atoms. The van der Waals surface area contributed by atoms with Crippen molar-refractivity contribution in [2.24, 2.45) is 0 Å². The van der Waals surface area contributed by atoms with E-state index in [1.807, 2.05) is 0 Å². The monoisotopic (exact) mass is 900 g/mol. The van der Waals surface area contributed by atoms with E-state index in [2.05, 4.69) is 19.8 Å². The molecule has 2 aromatic heterocycles. The van der Waals surface area contributed by atoms with Gasteiger partial charge in [0.15, 0.2) is 0 Å². The number of hydrogen-bond acceptors (Lipinski definition) is 4. The van der Waals surface area contributed by atoms with Crippen LogP contribution in [0.2, 0.25) is 0 Å². The first-order valence-electron chi connectivity index (χ1n) is 17.3. The molecular weight excluding hydrogens is 867 g/mol. The second-order valence-electron chi connectivity index (χ2n) is 13.9. The molecule has 4 nitrogen and oxygen atoms in total. The van der Waals surface area contributed by atoms with Crippen LogP contribution in [0.15, 0.2) is 60.9 Å². The Morgan fingerprint density at radius 1 is 0.579 bits per heavy atom. The van der Waals surface area contributed by atoms with E-state index in [4.69, 9.17) is 20.2 Å². The van der Waals surface area contributed by atoms with Gasteiger partial charge in [-0.2, -0.15) is 52.7 Å². The summed E-state index contributed by atoms with van der Waals surface area (Å²) in [7, 11) is 9.53. The number of aromatic nitrogens is 2. The average molecular weight is 901 g/mol. The molecule has 2 aliphatic heterocycles. The molecule has 4 heterocycles. The van der Waals surface area contributed by atoms with Gasteiger partial charge in [-0.25, -0.2) is 0 Å². The van der Waals surface area contributed by atoms with Gasteiger partial charge < -0.3 is 0 Å². The summed E-state index contributed by atoms with van der Waals surface area (Å²) in [6.07, 6.45) is -14.0. The van der Waals surface area contributed by atoms with Crippen molar-refractivity contribution in [1.82, 2.24) is 19.8 Å². The standard InChI is InChI=1S/C38H34F12N4.2ClH.Fe/c1-21-13-25(35(39,40)41)15-29(37(45,46)47)33(21)23-7-9-27(51-17-23)19-53-11-3-5-31(53)32-6-4-12-54(32)20-28-10-8-24(18-52-28)34-22(2)14-26(36(42,43)44)16-30(34)38(48,49)50;;;/h7-10,13-18,31-32H,3-6,11-12,19-20H2,1-2H3;2*1H;/q;;;+2/p-2/t31-,32-;;;/m1.../s1. The first-order valence-corrected chi connectivity index (χ1v) is 20.4. The van der Waals surface area contributed by atoms with E-state index in [1.54, 1.807) is 12.1 Å². The number of pyridine rings is 2. The molecule has 0 spiro atoms. The Kier molecular flexibility index (Phi) is 13.9. The molecule has 0 aliphatic carbocycles. The van der Waals surface area contributed by atoms with Crippen LogP contribution in [0.1, 0.15) is 70.5 Å². The fourth-order valence-electron chi connectivity index (χ4n) is 7.83. The molecule has 6 rings (SSSR count). The van der Waals surface area contributed by atoms with Crippen molar-refractivity contribution in [3.8, 4) is 22.3 Å². The molecule has 0 N–H and O–H groups in total. The number of aryl methyl sites for hydroxylation is 2. The summed E-state index contributed by atoms with van der Waals surface area (Å²) in [5.41, 5.74) is -5.44. The number of hydrogen-bond donors (Lipinski definition) is 0. The zero-order valence-electron chi connectivity index (χ0n) is 30.0. The van der Waals surface area contributed by atoms with Crippen molar-refractivity contribution in [2.75, 3.05) is 13.1 Å². The third-order valence-corrected chi connectivity index (χ3v) is 10.2. The predicted molar refractivity (Wildman–Crippen MR) is 187 cm³/mol. The number of likely N-dealkylation sites (tertiary alicyclic amines) is 2. The van der Waals surface area contributed by atoms with Gasteiger partial charge in [-0.3, -0.25) is 19.8 Å². The number of rotatable bonds is 7. The van der Waals surface area contributed by atoms with Gasteiger partial charge in [0.2, 0.25) is 0 Å². The van der Waals surface area contributed by atoms with Crippen molar-refractivity contribution in [2.45, 2.75) is 89.4 Å². The Morgan fingerprint density at radius 3 is 1.21 bits per heavy atom. The number of alkyl halides is 12. The quantitative estimate of drug-likeness (QED) is 0.137. The minimum atomic E-state index is -5.03. The summed E-state index contributed by atoms with van der Waals surface area (Å²) in [6.45, 7) is 4.63. The van der Waals surface area contributed by atoms with Crippen LogP contribution >= 0.6 is 20.2 Å². The Balaban J connectivity index is 0.00000200. The molecule has 0 amide bonds. The van der Waals surface area contributed by atoms with Crippen LogP contribution in [0.4, 0.5) is 52.7 Å². The van der Waals surface area contributed by atoms with Gasteiger partial charge in [0.25, 0.3) is 0 Å². The fraction of sp³-hybridized carbons (Fsp3) is 0.421. The van der Waals surface area contributed by atoms with E-state index >= 15 is 0 Å². The molecule has 0 unspecified atom stereocenters. The van der Waals surface area contributed by atoms with Gasteiger partial charge in [-0.15, -0.1) is 0 Å². The number of nitrogens with zero attached hydrogens (tertiary/aromatic N) is 4. The third-order valence-electron chi connectivity index (χ3n) is 10.2. The van der Waals surface area contributed by atoms with Gasteiger partial charge in [0.1, 0.15) is 0 Å². The van der Waals surface area contributed by atoms with E-state index in [0.717, 1.165) is 38.8 Å². The Hall–Kier alpha value is -3.08. The number of halogens is 14. The van der Waals surface area contributed by atoms with Crippen molar-refractivity contribution in [3.63, 3.8) is 0 Å². The Labute approximate surface area is 335 Å². The zero-order chi connectivity index (χ0) is 42.1. The molecule has 2 saturated heterocycles. The molecule has 2 atom stereocenters. The fourth-order valence-corrected chi connectivity index (χ4v) is 7.83. The van der Waals surface area contributed by atoms with E-state index in [1.165, 1.54) is 38.4 Å². The zero-order valence-corrected chi connectivity index (χ0v) is 32.6. The van der Waals surface area contributed by atoms with E-state index in [0.29, 0.717) is 36.6 Å². The van der Waals surface area contributed by atoms with E-state index in [9.17, 15) is 52.7 Å². The van der Waals surface area contributed by atoms with Crippen molar-refractivity contribution in [3.05, 3.63) is 106 Å². The molecule has 312 valence electrons. The summed E-state index contributed by atoms with van der Waals surface area (Å²) in [6, 6.07) is 7.79. The molecule has 0 saturated carbocycles. The average Bonchev–Trinajstić information content (AvgIpc) is 3.76. The van der Waals surface area contributed by atoms with Crippen molar-refractivity contribution >= 4 is 20.2 Å². The molecular formula is C38H34Cl2F12FeN4. The number of benzene rings is 2. The topological polar surface area (TPSA) is 32.3 Å². The van der Waals surface area contributed by atoms with Crippen LogP contribution in [0.3, 0.4) is 0 Å². The van der Waals surface area contributed by atoms with Crippen LogP contribution in [0.25, 0.3) is 22.3 Å². The first kappa shape index (κ1) is 45.0. The third kappa shape index (κ3) is 10.8. The van der Waals surface area contributed by atoms with Crippen LogP contribution in [-0.2, 0) is 50.9 Å². The molecule has 2 aromatic carbocycles. The van der Waals surface area contributed by atoms with Gasteiger partial charge in [-0.1, -0.05) is 12.1 Å². The van der Waals surface area contributed by atoms with E-state index < -0.39 is 47.0 Å². The minimum absolute atomic E-state index is 0.0406. The van der Waals surface area contributed by atoms with Gasteiger partial charge in [0.05, 0.1) is 33.6 Å². The normalized spacial score (nSPS) is 18.6. The summed E-state index contributed by atoms with van der Waals surface area (Å²) in [5.74, 6) is 0. The molecule has 2 fully saturated rings. The van der Waals surface area contributed by atoms with E-state index in [-0.39, 0.29) is 70.7 Å².